The molecule has 4 nitrogen and oxygen atoms in total. The molecule has 5 heteroatoms. The summed E-state index contributed by atoms with van der Waals surface area (Å²) in [6, 6.07) is 12.1. The Kier molecular flexibility index (Phi) is 4.35. The lowest BCUT2D eigenvalue weighted by atomic mass is 10.0. The van der Waals surface area contributed by atoms with Crippen molar-refractivity contribution in [2.45, 2.75) is 26.8 Å². The van der Waals surface area contributed by atoms with Gasteiger partial charge >= 0.3 is 0 Å². The Hall–Kier alpha value is -2.33. The van der Waals surface area contributed by atoms with Crippen LogP contribution in [0.5, 0.6) is 0 Å². The van der Waals surface area contributed by atoms with Crippen LogP contribution in [0.2, 0.25) is 5.02 Å². The van der Waals surface area contributed by atoms with Crippen molar-refractivity contribution >= 4 is 17.5 Å². The van der Waals surface area contributed by atoms with Crippen LogP contribution < -0.4 is 5.73 Å². The van der Waals surface area contributed by atoms with Crippen LogP contribution in [0.25, 0.3) is 22.6 Å². The number of nitrogen functional groups attached to an aromatic ring is 1. The minimum absolute atomic E-state index is 0.282. The maximum atomic E-state index is 6.22. The van der Waals surface area contributed by atoms with E-state index in [0.717, 1.165) is 40.6 Å². The smallest absolute Gasteiger partial charge is 0.220 e. The van der Waals surface area contributed by atoms with Crippen molar-refractivity contribution in [3.8, 4) is 22.6 Å². The lowest BCUT2D eigenvalue weighted by molar-refractivity contribution is 0.781. The first-order valence-corrected chi connectivity index (χ1v) is 8.09. The normalized spacial score (nSPS) is 10.9. The van der Waals surface area contributed by atoms with Crippen LogP contribution in [0.1, 0.15) is 19.4 Å². The van der Waals surface area contributed by atoms with E-state index in [9.17, 15) is 0 Å². The van der Waals surface area contributed by atoms with Gasteiger partial charge in [-0.05, 0) is 49.2 Å². The van der Waals surface area contributed by atoms with E-state index >= 15 is 0 Å². The summed E-state index contributed by atoms with van der Waals surface area (Å²) in [6.45, 7) is 5.10. The van der Waals surface area contributed by atoms with Gasteiger partial charge in [0.05, 0.1) is 11.4 Å². The number of aryl methyl sites for hydroxylation is 1. The predicted molar refractivity (Wildman–Crippen MR) is 95.4 cm³/mol. The molecule has 3 rings (SSSR count). The van der Waals surface area contributed by atoms with Gasteiger partial charge in [0, 0.05) is 29.0 Å². The van der Waals surface area contributed by atoms with Crippen molar-refractivity contribution in [1.82, 2.24) is 14.5 Å². The van der Waals surface area contributed by atoms with Gasteiger partial charge in [-0.3, -0.25) is 0 Å². The Balaban J connectivity index is 2.18. The van der Waals surface area contributed by atoms with E-state index in [4.69, 9.17) is 17.3 Å². The largest absolute Gasteiger partial charge is 0.368 e. The monoisotopic (exact) mass is 326 g/mol. The molecule has 2 heterocycles. The second kappa shape index (κ2) is 6.42. The average Bonchev–Trinajstić information content (AvgIpc) is 2.98. The molecule has 3 aromatic rings. The van der Waals surface area contributed by atoms with E-state index in [1.165, 1.54) is 5.56 Å². The molecule has 0 radical (unpaired) electrons. The third-order valence-corrected chi connectivity index (χ3v) is 4.20. The Morgan fingerprint density at radius 1 is 1.09 bits per heavy atom. The molecule has 0 aliphatic heterocycles. The Bertz CT molecular complexity index is 839. The van der Waals surface area contributed by atoms with Gasteiger partial charge in [-0.25, -0.2) is 9.97 Å². The zero-order chi connectivity index (χ0) is 16.4. The Morgan fingerprint density at radius 2 is 1.87 bits per heavy atom. The minimum Gasteiger partial charge on any atom is -0.368 e. The fraction of sp³-hybridized carbons (Fsp3) is 0.222. The van der Waals surface area contributed by atoms with Crippen molar-refractivity contribution in [3.63, 3.8) is 0 Å². The molecule has 0 saturated heterocycles. The molecular formula is C18H19ClN4. The fourth-order valence-electron chi connectivity index (χ4n) is 2.88. The van der Waals surface area contributed by atoms with E-state index in [0.29, 0.717) is 0 Å². The van der Waals surface area contributed by atoms with Gasteiger partial charge in [0.25, 0.3) is 0 Å². The van der Waals surface area contributed by atoms with E-state index in [1.54, 1.807) is 6.20 Å². The first-order chi connectivity index (χ1) is 11.1. The zero-order valence-corrected chi connectivity index (χ0v) is 14.0. The average molecular weight is 327 g/mol. The van der Waals surface area contributed by atoms with Gasteiger partial charge in [-0.2, -0.15) is 0 Å². The molecule has 0 unspecified atom stereocenters. The summed E-state index contributed by atoms with van der Waals surface area (Å²) in [4.78, 5) is 8.30. The maximum Gasteiger partial charge on any atom is 0.220 e. The molecule has 2 aromatic heterocycles. The number of benzene rings is 1. The molecule has 23 heavy (non-hydrogen) atoms. The van der Waals surface area contributed by atoms with Crippen LogP contribution in [0.3, 0.4) is 0 Å². The topological polar surface area (TPSA) is 56.7 Å². The molecule has 0 aliphatic rings. The summed E-state index contributed by atoms with van der Waals surface area (Å²) in [6.07, 6.45) is 2.64. The quantitative estimate of drug-likeness (QED) is 0.771. The SMILES string of the molecule is CCc1ccc(Cl)cc1-c1ccc(-c2ccnc(N)n2)n1CC. The van der Waals surface area contributed by atoms with Crippen molar-refractivity contribution in [1.29, 1.82) is 0 Å². The standard InChI is InChI=1S/C18H19ClN4/c1-3-12-5-6-13(19)11-14(12)16-7-8-17(23(16)4-2)15-9-10-21-18(20)22-15/h5-11H,3-4H2,1-2H3,(H2,20,21,22). The molecule has 2 N–H and O–H groups in total. The number of hydrogen-bond acceptors (Lipinski definition) is 3. The Morgan fingerprint density at radius 3 is 2.57 bits per heavy atom. The lowest BCUT2D eigenvalue weighted by Crippen LogP contribution is -2.03. The van der Waals surface area contributed by atoms with Crippen LogP contribution in [0, 0.1) is 0 Å². The van der Waals surface area contributed by atoms with Crippen molar-refractivity contribution in [2.75, 3.05) is 5.73 Å². The molecule has 0 spiro atoms. The molecule has 1 aromatic carbocycles. The summed E-state index contributed by atoms with van der Waals surface area (Å²) in [5, 5.41) is 0.744. The van der Waals surface area contributed by atoms with Crippen molar-refractivity contribution < 1.29 is 0 Å². The number of hydrogen-bond donors (Lipinski definition) is 1. The van der Waals surface area contributed by atoms with Crippen LogP contribution >= 0.6 is 11.6 Å². The highest BCUT2D eigenvalue weighted by atomic mass is 35.5. The molecular weight excluding hydrogens is 308 g/mol. The van der Waals surface area contributed by atoms with Crippen LogP contribution in [0.4, 0.5) is 5.95 Å². The number of nitrogens with two attached hydrogens (primary N) is 1. The lowest BCUT2D eigenvalue weighted by Gasteiger charge is -2.14. The van der Waals surface area contributed by atoms with Crippen LogP contribution in [-0.2, 0) is 13.0 Å². The summed E-state index contributed by atoms with van der Waals surface area (Å²) < 4.78 is 2.23. The first-order valence-electron chi connectivity index (χ1n) is 7.71. The van der Waals surface area contributed by atoms with Crippen LogP contribution in [-0.4, -0.2) is 14.5 Å². The zero-order valence-electron chi connectivity index (χ0n) is 13.3. The summed E-state index contributed by atoms with van der Waals surface area (Å²) in [7, 11) is 0. The van der Waals surface area contributed by atoms with E-state index in [2.05, 4.69) is 46.6 Å². The van der Waals surface area contributed by atoms with Crippen molar-refractivity contribution in [2.24, 2.45) is 0 Å². The second-order valence-electron chi connectivity index (χ2n) is 5.30. The van der Waals surface area contributed by atoms with Gasteiger partial charge in [0.1, 0.15) is 0 Å². The van der Waals surface area contributed by atoms with Crippen LogP contribution in [0.15, 0.2) is 42.6 Å². The van der Waals surface area contributed by atoms with Crippen molar-refractivity contribution in [3.05, 3.63) is 53.2 Å². The number of rotatable bonds is 4. The molecule has 0 saturated carbocycles. The summed E-state index contributed by atoms with van der Waals surface area (Å²) in [5.41, 5.74) is 11.1. The molecule has 0 amide bonds. The van der Waals surface area contributed by atoms with E-state index in [-0.39, 0.29) is 5.95 Å². The first kappa shape index (κ1) is 15.6. The number of halogens is 1. The molecule has 0 bridgehead atoms. The molecule has 0 atom stereocenters. The maximum absolute atomic E-state index is 6.22. The molecule has 118 valence electrons. The summed E-state index contributed by atoms with van der Waals surface area (Å²) >= 11 is 6.22. The number of nitrogens with zero attached hydrogens (tertiary/aromatic N) is 3. The Labute approximate surface area is 141 Å². The minimum atomic E-state index is 0.282. The van der Waals surface area contributed by atoms with E-state index < -0.39 is 0 Å². The number of aromatic nitrogens is 3. The van der Waals surface area contributed by atoms with Gasteiger partial charge < -0.3 is 10.3 Å². The highest BCUT2D eigenvalue weighted by molar-refractivity contribution is 6.30. The summed E-state index contributed by atoms with van der Waals surface area (Å²) in [5.74, 6) is 0.282. The van der Waals surface area contributed by atoms with Gasteiger partial charge in [0.2, 0.25) is 5.95 Å². The van der Waals surface area contributed by atoms with Gasteiger partial charge in [-0.1, -0.05) is 24.6 Å². The third-order valence-electron chi connectivity index (χ3n) is 3.96. The predicted octanol–water partition coefficient (Wildman–Crippen LogP) is 4.43. The highest BCUT2D eigenvalue weighted by Crippen LogP contribution is 2.32. The number of anilines is 1. The molecule has 0 aliphatic carbocycles. The molecule has 0 fully saturated rings. The highest BCUT2D eigenvalue weighted by Gasteiger charge is 2.14. The fourth-order valence-corrected chi connectivity index (χ4v) is 3.05. The van der Waals surface area contributed by atoms with Gasteiger partial charge in [-0.15, -0.1) is 0 Å². The van der Waals surface area contributed by atoms with Gasteiger partial charge in [0.15, 0.2) is 0 Å². The second-order valence-corrected chi connectivity index (χ2v) is 5.74. The third kappa shape index (κ3) is 2.94. The van der Waals surface area contributed by atoms with E-state index in [1.807, 2.05) is 18.2 Å².